The third kappa shape index (κ3) is 4.08. The van der Waals surface area contributed by atoms with Crippen LogP contribution in [0.1, 0.15) is 42.5 Å². The number of rotatable bonds is 6. The van der Waals surface area contributed by atoms with E-state index >= 15 is 0 Å². The molecule has 0 radical (unpaired) electrons. The van der Waals surface area contributed by atoms with Gasteiger partial charge < -0.3 is 10.4 Å². The summed E-state index contributed by atoms with van der Waals surface area (Å²) in [6.07, 6.45) is 2.93. The molecule has 1 aromatic rings. The molecule has 0 spiro atoms. The Labute approximate surface area is 135 Å². The molecule has 0 aliphatic heterocycles. The van der Waals surface area contributed by atoms with Gasteiger partial charge in [-0.25, -0.2) is 13.1 Å². The van der Waals surface area contributed by atoms with Crippen LogP contribution in [0.4, 0.5) is 0 Å². The first-order valence-electron chi connectivity index (χ1n) is 7.36. The fraction of sp³-hybridized carbons (Fsp3) is 0.467. The molecule has 1 fully saturated rings. The number of nitrogens with one attached hydrogen (secondary N) is 2. The predicted molar refractivity (Wildman–Crippen MR) is 83.6 cm³/mol. The van der Waals surface area contributed by atoms with Gasteiger partial charge in [-0.2, -0.15) is 0 Å². The van der Waals surface area contributed by atoms with Gasteiger partial charge in [0, 0.05) is 5.56 Å². The van der Waals surface area contributed by atoms with Crippen LogP contribution < -0.4 is 10.0 Å². The lowest BCUT2D eigenvalue weighted by Crippen LogP contribution is -2.47. The maximum absolute atomic E-state index is 12.3. The van der Waals surface area contributed by atoms with Crippen LogP contribution in [-0.2, 0) is 14.8 Å². The summed E-state index contributed by atoms with van der Waals surface area (Å²) < 4.78 is 25.5. The van der Waals surface area contributed by atoms with Crippen LogP contribution in [0.25, 0.3) is 0 Å². The molecule has 23 heavy (non-hydrogen) atoms. The number of carbonyl (C=O) groups is 2. The van der Waals surface area contributed by atoms with E-state index in [0.717, 1.165) is 12.8 Å². The van der Waals surface area contributed by atoms with E-state index in [1.54, 1.807) is 0 Å². The van der Waals surface area contributed by atoms with E-state index in [1.165, 1.54) is 31.3 Å². The summed E-state index contributed by atoms with van der Waals surface area (Å²) >= 11 is 0. The van der Waals surface area contributed by atoms with Crippen LogP contribution >= 0.6 is 0 Å². The first-order valence-corrected chi connectivity index (χ1v) is 8.84. The van der Waals surface area contributed by atoms with Gasteiger partial charge in [0.1, 0.15) is 0 Å². The summed E-state index contributed by atoms with van der Waals surface area (Å²) in [6.45, 7) is 0. The smallest absolute Gasteiger partial charge is 0.305 e. The number of sulfonamides is 1. The summed E-state index contributed by atoms with van der Waals surface area (Å²) in [5.41, 5.74) is -0.407. The maximum Gasteiger partial charge on any atom is 0.305 e. The zero-order valence-corrected chi connectivity index (χ0v) is 13.6. The van der Waals surface area contributed by atoms with Crippen molar-refractivity contribution in [1.29, 1.82) is 0 Å². The van der Waals surface area contributed by atoms with Gasteiger partial charge in [-0.1, -0.05) is 12.8 Å². The van der Waals surface area contributed by atoms with Crippen LogP contribution in [0, 0.1) is 0 Å². The molecule has 1 saturated carbocycles. The van der Waals surface area contributed by atoms with Gasteiger partial charge in [-0.05, 0) is 44.2 Å². The molecule has 8 heteroatoms. The first kappa shape index (κ1) is 17.4. The highest BCUT2D eigenvalue weighted by Gasteiger charge is 2.37. The quantitative estimate of drug-likeness (QED) is 0.718. The molecule has 0 bridgehead atoms. The third-order valence-electron chi connectivity index (χ3n) is 4.12. The van der Waals surface area contributed by atoms with Crippen molar-refractivity contribution in [3.8, 4) is 0 Å². The second-order valence-electron chi connectivity index (χ2n) is 5.74. The lowest BCUT2D eigenvalue weighted by Gasteiger charge is -2.28. The minimum atomic E-state index is -3.55. The van der Waals surface area contributed by atoms with Crippen molar-refractivity contribution in [2.24, 2.45) is 0 Å². The van der Waals surface area contributed by atoms with Crippen LogP contribution in [0.15, 0.2) is 29.2 Å². The van der Waals surface area contributed by atoms with Crippen molar-refractivity contribution in [3.05, 3.63) is 29.8 Å². The van der Waals surface area contributed by atoms with Crippen molar-refractivity contribution in [2.45, 2.75) is 42.5 Å². The van der Waals surface area contributed by atoms with Crippen LogP contribution in [0.5, 0.6) is 0 Å². The van der Waals surface area contributed by atoms with Gasteiger partial charge in [0.15, 0.2) is 0 Å². The Morgan fingerprint density at radius 1 is 1.17 bits per heavy atom. The van der Waals surface area contributed by atoms with Crippen LogP contribution in [0.3, 0.4) is 0 Å². The number of hydrogen-bond donors (Lipinski definition) is 3. The second kappa shape index (κ2) is 6.67. The van der Waals surface area contributed by atoms with Gasteiger partial charge in [0.2, 0.25) is 10.0 Å². The van der Waals surface area contributed by atoms with Crippen LogP contribution in [-0.4, -0.2) is 38.0 Å². The highest BCUT2D eigenvalue weighted by Crippen LogP contribution is 2.33. The van der Waals surface area contributed by atoms with Crippen molar-refractivity contribution < 1.29 is 23.1 Å². The predicted octanol–water partition coefficient (Wildman–Crippen LogP) is 1.11. The Hall–Kier alpha value is -1.93. The van der Waals surface area contributed by atoms with E-state index in [4.69, 9.17) is 5.11 Å². The van der Waals surface area contributed by atoms with Gasteiger partial charge in [0.05, 0.1) is 16.9 Å². The molecule has 0 unspecified atom stereocenters. The van der Waals surface area contributed by atoms with E-state index < -0.39 is 21.5 Å². The second-order valence-corrected chi connectivity index (χ2v) is 7.63. The maximum atomic E-state index is 12.3. The highest BCUT2D eigenvalue weighted by molar-refractivity contribution is 7.89. The summed E-state index contributed by atoms with van der Waals surface area (Å²) in [5, 5.41) is 11.9. The van der Waals surface area contributed by atoms with Crippen molar-refractivity contribution in [3.63, 3.8) is 0 Å². The van der Waals surface area contributed by atoms with Gasteiger partial charge in [-0.3, -0.25) is 9.59 Å². The Bertz CT molecular complexity index is 691. The number of amides is 1. The Morgan fingerprint density at radius 2 is 1.74 bits per heavy atom. The Balaban J connectivity index is 2.15. The fourth-order valence-corrected chi connectivity index (χ4v) is 3.63. The SMILES string of the molecule is CNS(=O)(=O)c1ccc(C(=O)NC2(CC(=O)O)CCCC2)cc1. The molecular formula is C15H20N2O5S. The molecular weight excluding hydrogens is 320 g/mol. The molecule has 1 aromatic carbocycles. The zero-order valence-electron chi connectivity index (χ0n) is 12.8. The van der Waals surface area contributed by atoms with E-state index in [-0.39, 0.29) is 17.2 Å². The summed E-state index contributed by atoms with van der Waals surface area (Å²) in [6, 6.07) is 5.53. The largest absolute Gasteiger partial charge is 0.481 e. The molecule has 1 aliphatic carbocycles. The molecule has 0 saturated heterocycles. The first-order chi connectivity index (χ1) is 10.8. The van der Waals surface area contributed by atoms with E-state index in [0.29, 0.717) is 18.4 Å². The van der Waals surface area contributed by atoms with Crippen molar-refractivity contribution in [1.82, 2.24) is 10.0 Å². The van der Waals surface area contributed by atoms with E-state index in [2.05, 4.69) is 10.0 Å². The average Bonchev–Trinajstić information content (AvgIpc) is 2.94. The molecule has 2 rings (SSSR count). The lowest BCUT2D eigenvalue weighted by molar-refractivity contribution is -0.138. The van der Waals surface area contributed by atoms with Crippen molar-refractivity contribution >= 4 is 21.9 Å². The summed E-state index contributed by atoms with van der Waals surface area (Å²) in [4.78, 5) is 23.5. The molecule has 1 amide bonds. The molecule has 126 valence electrons. The number of aliphatic carboxylic acids is 1. The minimum absolute atomic E-state index is 0.0673. The highest BCUT2D eigenvalue weighted by atomic mass is 32.2. The molecule has 3 N–H and O–H groups in total. The van der Waals surface area contributed by atoms with E-state index in [9.17, 15) is 18.0 Å². The van der Waals surface area contributed by atoms with Crippen LogP contribution in [0.2, 0.25) is 0 Å². The summed E-state index contributed by atoms with van der Waals surface area (Å²) in [7, 11) is -2.24. The minimum Gasteiger partial charge on any atom is -0.481 e. The Morgan fingerprint density at radius 3 is 2.22 bits per heavy atom. The van der Waals surface area contributed by atoms with Gasteiger partial charge in [0.25, 0.3) is 5.91 Å². The summed E-state index contributed by atoms with van der Waals surface area (Å²) in [5.74, 6) is -1.33. The zero-order chi connectivity index (χ0) is 17.1. The fourth-order valence-electron chi connectivity index (χ4n) is 2.90. The molecule has 0 heterocycles. The normalized spacial score (nSPS) is 16.9. The monoisotopic (exact) mass is 340 g/mol. The number of carbonyl (C=O) groups excluding carboxylic acids is 1. The molecule has 7 nitrogen and oxygen atoms in total. The Kier molecular flexibility index (Phi) is 5.06. The van der Waals surface area contributed by atoms with E-state index in [1.807, 2.05) is 0 Å². The van der Waals surface area contributed by atoms with Crippen molar-refractivity contribution in [2.75, 3.05) is 7.05 Å². The molecule has 1 aliphatic rings. The lowest BCUT2D eigenvalue weighted by atomic mass is 9.92. The van der Waals surface area contributed by atoms with Gasteiger partial charge >= 0.3 is 5.97 Å². The number of hydrogen-bond acceptors (Lipinski definition) is 4. The topological polar surface area (TPSA) is 113 Å². The van der Waals surface area contributed by atoms with Gasteiger partial charge in [-0.15, -0.1) is 0 Å². The standard InChI is InChI=1S/C15H20N2O5S/c1-16-23(21,22)12-6-4-11(5-7-12)14(20)17-15(10-13(18)19)8-2-3-9-15/h4-7,16H,2-3,8-10H2,1H3,(H,17,20)(H,18,19). The number of carboxylic acid groups (broad SMARTS) is 1. The third-order valence-corrected chi connectivity index (χ3v) is 5.55. The molecule has 0 atom stereocenters. The number of benzene rings is 1. The molecule has 0 aromatic heterocycles. The number of carboxylic acids is 1. The average molecular weight is 340 g/mol.